The molecule has 11 rings (SSSR count). The van der Waals surface area contributed by atoms with Gasteiger partial charge >= 0.3 is 0 Å². The summed E-state index contributed by atoms with van der Waals surface area (Å²) in [4.78, 5) is 27.2. The number of hydrogen-bond donors (Lipinski definition) is 8. The fourth-order valence-corrected chi connectivity index (χ4v) is 15.1. The van der Waals surface area contributed by atoms with Crippen molar-refractivity contribution in [3.8, 4) is 0 Å². The number of hydrogen-bond acceptors (Lipinski definition) is 13. The number of carbonyl (C=O) groups excluding carboxylic acids is 2. The van der Waals surface area contributed by atoms with E-state index in [4.69, 9.17) is 4.18 Å². The maximum absolute atomic E-state index is 13.9. The Hall–Kier alpha value is -2.05. The first-order valence-corrected chi connectivity index (χ1v) is 23.8. The van der Waals surface area contributed by atoms with E-state index in [1.54, 1.807) is 24.3 Å². The molecule has 8 N–H and O–H groups in total. The van der Waals surface area contributed by atoms with E-state index in [2.05, 4.69) is 42.5 Å². The lowest BCUT2D eigenvalue weighted by atomic mass is 9.75. The lowest BCUT2D eigenvalue weighted by Crippen LogP contribution is -2.62. The molecule has 0 radical (unpaired) electrons. The fraction of sp³-hybridized carbons (Fsp3) is 0.805. The molecule has 4 aliphatic carbocycles. The molecule has 8 bridgehead atoms. The topological polar surface area (TPSA) is 177 Å². The number of rotatable bonds is 4. The average Bonchev–Trinajstić information content (AvgIpc) is 3.99. The Balaban J connectivity index is 0.900. The van der Waals surface area contributed by atoms with Crippen LogP contribution >= 0.6 is 0 Å². The maximum atomic E-state index is 13.9. The van der Waals surface area contributed by atoms with Gasteiger partial charge in [0.1, 0.15) is 0 Å². The highest BCUT2D eigenvalue weighted by molar-refractivity contribution is 7.86. The number of nitrogens with zero attached hydrogens (tertiary/aromatic N) is 1. The van der Waals surface area contributed by atoms with Crippen molar-refractivity contribution < 1.29 is 22.2 Å². The van der Waals surface area contributed by atoms with E-state index >= 15 is 0 Å². The van der Waals surface area contributed by atoms with Crippen LogP contribution in [0.5, 0.6) is 0 Å². The Morgan fingerprint density at radius 3 is 1.21 bits per heavy atom. The van der Waals surface area contributed by atoms with Gasteiger partial charge in [-0.1, -0.05) is 57.1 Å². The number of fused-ring (bicyclic) bond motifs is 21. The Morgan fingerprint density at radius 1 is 0.482 bits per heavy atom. The SMILES string of the molecule is O=C1c2ccccc2C(=O)N1CS(=O)(=O)OC1CCCC2C3NC4NC(NC5NC(NC6NC(NC(N3)C12)C1CCCCC61)C1CCCCC51)C1CCCCC41. The normalized spacial score (nSPS) is 47.2. The average molecular weight is 792 g/mol. The molecule has 0 spiro atoms. The zero-order valence-electron chi connectivity index (χ0n) is 32.3. The van der Waals surface area contributed by atoms with Gasteiger partial charge in [0.2, 0.25) is 0 Å². The largest absolute Gasteiger partial charge is 0.286 e. The molecular formula is C41H61N9O5S. The van der Waals surface area contributed by atoms with Crippen molar-refractivity contribution in [3.63, 3.8) is 0 Å². The van der Waals surface area contributed by atoms with E-state index in [0.29, 0.717) is 41.9 Å². The van der Waals surface area contributed by atoms with Gasteiger partial charge in [0.15, 0.2) is 5.88 Å². The van der Waals surface area contributed by atoms with Gasteiger partial charge in [0.05, 0.1) is 66.6 Å². The first-order valence-electron chi connectivity index (χ1n) is 22.2. The lowest BCUT2D eigenvalue weighted by Gasteiger charge is -2.39. The molecule has 5 saturated heterocycles. The molecule has 1 aromatic carbocycles. The van der Waals surface area contributed by atoms with Crippen molar-refractivity contribution in [1.82, 2.24) is 47.4 Å². The minimum Gasteiger partial charge on any atom is -0.286 e. The molecule has 1 aromatic rings. The van der Waals surface area contributed by atoms with Gasteiger partial charge < -0.3 is 0 Å². The molecule has 15 heteroatoms. The summed E-state index contributed by atoms with van der Waals surface area (Å²) in [5.74, 6) is 1.28. The Labute approximate surface area is 331 Å². The summed E-state index contributed by atoms with van der Waals surface area (Å²) in [6.45, 7) is 0. The predicted octanol–water partition coefficient (Wildman–Crippen LogP) is 2.18. The van der Waals surface area contributed by atoms with Crippen LogP contribution in [0.1, 0.15) is 117 Å². The van der Waals surface area contributed by atoms with Crippen LogP contribution in [0.2, 0.25) is 0 Å². The second-order valence-corrected chi connectivity index (χ2v) is 20.6. The number of amides is 2. The van der Waals surface area contributed by atoms with Crippen molar-refractivity contribution in [1.29, 1.82) is 0 Å². The van der Waals surface area contributed by atoms with Crippen LogP contribution in [0.4, 0.5) is 0 Å². The fourth-order valence-electron chi connectivity index (χ4n) is 13.8. The van der Waals surface area contributed by atoms with Gasteiger partial charge in [-0.25, -0.2) is 0 Å². The van der Waals surface area contributed by atoms with Crippen molar-refractivity contribution in [3.05, 3.63) is 35.4 Å². The molecule has 17 atom stereocenters. The van der Waals surface area contributed by atoms with Crippen molar-refractivity contribution in [2.45, 2.75) is 152 Å². The van der Waals surface area contributed by atoms with Gasteiger partial charge in [-0.15, -0.1) is 0 Å². The molecule has 14 nitrogen and oxygen atoms in total. The van der Waals surface area contributed by atoms with Crippen LogP contribution < -0.4 is 42.5 Å². The summed E-state index contributed by atoms with van der Waals surface area (Å²) in [5.41, 5.74) is 0.467. The number of carbonyl (C=O) groups is 2. The van der Waals surface area contributed by atoms with Gasteiger partial charge in [-0.05, 0) is 105 Å². The van der Waals surface area contributed by atoms with Crippen LogP contribution in [0, 0.1) is 47.3 Å². The van der Waals surface area contributed by atoms with Gasteiger partial charge in [0, 0.05) is 5.92 Å². The number of nitrogens with one attached hydrogen (secondary N) is 8. The molecule has 4 saturated carbocycles. The van der Waals surface area contributed by atoms with Gasteiger partial charge in [-0.3, -0.25) is 61.2 Å². The Bertz CT molecular complexity index is 1770. The van der Waals surface area contributed by atoms with Crippen LogP contribution in [0.3, 0.4) is 0 Å². The molecule has 6 heterocycles. The second-order valence-electron chi connectivity index (χ2n) is 19.1. The van der Waals surface area contributed by atoms with E-state index in [1.165, 1.54) is 70.6 Å². The summed E-state index contributed by atoms with van der Waals surface area (Å²) >= 11 is 0. The zero-order valence-corrected chi connectivity index (χ0v) is 33.2. The monoisotopic (exact) mass is 791 g/mol. The summed E-state index contributed by atoms with van der Waals surface area (Å²) in [7, 11) is -4.29. The minimum absolute atomic E-state index is 0.0382. The van der Waals surface area contributed by atoms with Crippen molar-refractivity contribution in [2.75, 3.05) is 5.88 Å². The lowest BCUT2D eigenvalue weighted by molar-refractivity contribution is 0.0443. The van der Waals surface area contributed by atoms with Gasteiger partial charge in [0.25, 0.3) is 21.9 Å². The van der Waals surface area contributed by atoms with Crippen LogP contribution in [-0.2, 0) is 14.3 Å². The summed E-state index contributed by atoms with van der Waals surface area (Å²) in [6, 6.07) is 6.51. The second kappa shape index (κ2) is 14.6. The third-order valence-corrected chi connectivity index (χ3v) is 17.4. The highest BCUT2D eigenvalue weighted by Crippen LogP contribution is 2.46. The summed E-state index contributed by atoms with van der Waals surface area (Å²) < 4.78 is 34.0. The van der Waals surface area contributed by atoms with Gasteiger partial charge in [-0.2, -0.15) is 8.42 Å². The molecule has 10 aliphatic rings. The molecule has 56 heavy (non-hydrogen) atoms. The van der Waals surface area contributed by atoms with E-state index in [0.717, 1.165) is 24.2 Å². The van der Waals surface area contributed by atoms with E-state index in [-0.39, 0.29) is 72.3 Å². The van der Waals surface area contributed by atoms with Crippen molar-refractivity contribution >= 4 is 21.9 Å². The third kappa shape index (κ3) is 6.33. The molecule has 2 amide bonds. The molecule has 306 valence electrons. The Kier molecular flexibility index (Phi) is 9.64. The molecular weight excluding hydrogens is 731 g/mol. The summed E-state index contributed by atoms with van der Waals surface area (Å²) in [5, 5.41) is 32.9. The van der Waals surface area contributed by atoms with E-state index < -0.39 is 33.9 Å². The molecule has 0 aromatic heterocycles. The summed E-state index contributed by atoms with van der Waals surface area (Å²) in [6.07, 6.45) is 17.6. The Morgan fingerprint density at radius 2 is 0.821 bits per heavy atom. The van der Waals surface area contributed by atoms with E-state index in [1.807, 2.05) is 0 Å². The highest BCUT2D eigenvalue weighted by atomic mass is 32.2. The van der Waals surface area contributed by atoms with Crippen molar-refractivity contribution in [2.24, 2.45) is 47.3 Å². The minimum atomic E-state index is -4.29. The predicted molar refractivity (Wildman–Crippen MR) is 208 cm³/mol. The number of imide groups is 1. The first-order chi connectivity index (χ1) is 27.3. The molecule has 6 aliphatic heterocycles. The first kappa shape index (κ1) is 37.0. The standard InChI is InChI=1S/C41H61N9O5S/c51-40-27-16-7-8-17-28(27)41(52)50(40)20-56(53,54)55-30-19-9-18-29-31(30)39-48-37-26-15-6-5-14-25(26)35(46-37)44-33-22-11-2-1-10-21(22)32(42-33)43-34-23-12-3-4-13-24(23)36(45-34)47-38(29)49-39/h7-8,16-17,21-26,29-39,42-49H,1-6,9-15,18-20H2. The van der Waals surface area contributed by atoms with Crippen LogP contribution in [0.25, 0.3) is 0 Å². The van der Waals surface area contributed by atoms with E-state index in [9.17, 15) is 18.0 Å². The highest BCUT2D eigenvalue weighted by Gasteiger charge is 2.56. The zero-order chi connectivity index (χ0) is 37.7. The smallest absolute Gasteiger partial charge is 0.286 e. The molecule has 17 unspecified atom stereocenters. The third-order valence-electron chi connectivity index (χ3n) is 16.3. The quantitative estimate of drug-likeness (QED) is 0.165. The number of benzene rings is 1. The van der Waals surface area contributed by atoms with Crippen LogP contribution in [-0.4, -0.2) is 86.4 Å². The molecule has 9 fully saturated rings. The maximum Gasteiger partial charge on any atom is 0.286 e. The van der Waals surface area contributed by atoms with Crippen LogP contribution in [0.15, 0.2) is 24.3 Å².